The van der Waals surface area contributed by atoms with E-state index < -0.39 is 5.83 Å². The van der Waals surface area contributed by atoms with Crippen molar-refractivity contribution in [2.45, 2.75) is 52.4 Å². The van der Waals surface area contributed by atoms with Crippen molar-refractivity contribution in [2.75, 3.05) is 19.6 Å². The summed E-state index contributed by atoms with van der Waals surface area (Å²) in [5.41, 5.74) is 2.70. The van der Waals surface area contributed by atoms with E-state index in [0.717, 1.165) is 35.5 Å². The second-order valence-corrected chi connectivity index (χ2v) is 8.52. The van der Waals surface area contributed by atoms with Crippen molar-refractivity contribution in [2.24, 2.45) is 23.0 Å². The Morgan fingerprint density at radius 1 is 1.38 bits per heavy atom. The lowest BCUT2D eigenvalue weighted by atomic mass is 9.95. The number of hydrogen-bond donors (Lipinski definition) is 1. The SMILES string of the molecule is C=NC(=N/C(=C(\C)F)c1c(C)cnn1C)N1CCC(C(=O)N(O)CC2=CCCCC2)CC1. The third kappa shape index (κ3) is 5.51. The first kappa shape index (κ1) is 23.8. The van der Waals surface area contributed by atoms with E-state index in [1.54, 1.807) is 17.9 Å². The Morgan fingerprint density at radius 2 is 2.09 bits per heavy atom. The maximum absolute atomic E-state index is 14.4. The average molecular weight is 445 g/mol. The van der Waals surface area contributed by atoms with Gasteiger partial charge in [-0.1, -0.05) is 11.6 Å². The van der Waals surface area contributed by atoms with Crippen molar-refractivity contribution in [3.8, 4) is 0 Å². The zero-order valence-electron chi connectivity index (χ0n) is 19.2. The molecule has 0 spiro atoms. The van der Waals surface area contributed by atoms with Crippen LogP contribution in [0.5, 0.6) is 0 Å². The number of likely N-dealkylation sites (tertiary alicyclic amines) is 1. The average Bonchev–Trinajstić information content (AvgIpc) is 3.12. The molecule has 2 aliphatic rings. The molecule has 8 nitrogen and oxygen atoms in total. The molecule has 32 heavy (non-hydrogen) atoms. The predicted octanol–water partition coefficient (Wildman–Crippen LogP) is 3.87. The van der Waals surface area contributed by atoms with Gasteiger partial charge in [0.1, 0.15) is 11.5 Å². The van der Waals surface area contributed by atoms with E-state index >= 15 is 0 Å². The summed E-state index contributed by atoms with van der Waals surface area (Å²) >= 11 is 0. The Morgan fingerprint density at radius 3 is 2.62 bits per heavy atom. The molecule has 0 bridgehead atoms. The Kier molecular flexibility index (Phi) is 7.95. The molecule has 9 heteroatoms. The number of hydrogen-bond acceptors (Lipinski definition) is 4. The molecule has 1 aromatic heterocycles. The van der Waals surface area contributed by atoms with E-state index in [2.05, 4.69) is 27.9 Å². The van der Waals surface area contributed by atoms with Gasteiger partial charge in [-0.05, 0) is 64.7 Å². The van der Waals surface area contributed by atoms with Gasteiger partial charge in [-0.25, -0.2) is 19.4 Å². The molecule has 1 aliphatic carbocycles. The van der Waals surface area contributed by atoms with Crippen LogP contribution in [0.4, 0.5) is 4.39 Å². The number of guanidine groups is 1. The van der Waals surface area contributed by atoms with Gasteiger partial charge in [-0.2, -0.15) is 5.10 Å². The Hall–Kier alpha value is -2.81. The quantitative estimate of drug-likeness (QED) is 0.246. The minimum Gasteiger partial charge on any atom is -0.341 e. The van der Waals surface area contributed by atoms with Gasteiger partial charge in [-0.15, -0.1) is 0 Å². The first-order chi connectivity index (χ1) is 15.3. The summed E-state index contributed by atoms with van der Waals surface area (Å²) in [7, 11) is 1.74. The smallest absolute Gasteiger partial charge is 0.249 e. The number of carbonyl (C=O) groups excluding carboxylic acids is 1. The lowest BCUT2D eigenvalue weighted by Crippen LogP contribution is -2.43. The van der Waals surface area contributed by atoms with Crippen LogP contribution < -0.4 is 0 Å². The Bertz CT molecular complexity index is 917. The van der Waals surface area contributed by atoms with E-state index in [1.165, 1.54) is 13.3 Å². The third-order valence-corrected chi connectivity index (χ3v) is 6.14. The highest BCUT2D eigenvalue weighted by atomic mass is 19.1. The van der Waals surface area contributed by atoms with Crippen molar-refractivity contribution < 1.29 is 14.4 Å². The molecule has 174 valence electrons. The maximum Gasteiger partial charge on any atom is 0.249 e. The molecule has 1 aliphatic heterocycles. The number of rotatable bonds is 5. The zero-order chi connectivity index (χ0) is 23.3. The van der Waals surface area contributed by atoms with Crippen LogP contribution in [0.2, 0.25) is 0 Å². The highest BCUT2D eigenvalue weighted by Crippen LogP contribution is 2.26. The first-order valence-corrected chi connectivity index (χ1v) is 11.2. The molecule has 0 saturated carbocycles. The highest BCUT2D eigenvalue weighted by molar-refractivity contribution is 5.90. The number of halogens is 1. The van der Waals surface area contributed by atoms with Crippen molar-refractivity contribution in [1.82, 2.24) is 19.7 Å². The highest BCUT2D eigenvalue weighted by Gasteiger charge is 2.30. The van der Waals surface area contributed by atoms with Crippen LogP contribution in [0.15, 0.2) is 33.7 Å². The van der Waals surface area contributed by atoms with Gasteiger partial charge >= 0.3 is 0 Å². The van der Waals surface area contributed by atoms with Gasteiger partial charge in [0, 0.05) is 26.1 Å². The summed E-state index contributed by atoms with van der Waals surface area (Å²) in [6.45, 7) is 8.15. The molecule has 1 aromatic rings. The molecule has 1 amide bonds. The van der Waals surface area contributed by atoms with Crippen LogP contribution >= 0.6 is 0 Å². The van der Waals surface area contributed by atoms with Gasteiger partial charge in [0.2, 0.25) is 11.9 Å². The van der Waals surface area contributed by atoms with Crippen LogP contribution in [0.1, 0.15) is 56.7 Å². The largest absolute Gasteiger partial charge is 0.341 e. The number of allylic oxidation sites excluding steroid dienone is 2. The predicted molar refractivity (Wildman–Crippen MR) is 123 cm³/mol. The lowest BCUT2D eigenvalue weighted by Gasteiger charge is -2.33. The summed E-state index contributed by atoms with van der Waals surface area (Å²) in [6.07, 6.45) is 9.13. The summed E-state index contributed by atoms with van der Waals surface area (Å²) < 4.78 is 16.0. The fraction of sp³-hybridized carbons (Fsp3) is 0.565. The molecule has 0 radical (unpaired) electrons. The molecule has 1 fully saturated rings. The third-order valence-electron chi connectivity index (χ3n) is 6.14. The topological polar surface area (TPSA) is 86.3 Å². The van der Waals surface area contributed by atoms with Crippen molar-refractivity contribution >= 4 is 24.3 Å². The fourth-order valence-corrected chi connectivity index (χ4v) is 4.34. The monoisotopic (exact) mass is 444 g/mol. The number of carbonyl (C=O) groups is 1. The van der Waals surface area contributed by atoms with E-state index in [9.17, 15) is 14.4 Å². The van der Waals surface area contributed by atoms with Gasteiger partial charge in [0.25, 0.3) is 0 Å². The number of hydroxylamine groups is 2. The Balaban J connectivity index is 1.66. The number of aromatic nitrogens is 2. The first-order valence-electron chi connectivity index (χ1n) is 11.2. The number of nitrogens with zero attached hydrogens (tertiary/aromatic N) is 6. The molecule has 0 aromatic carbocycles. The van der Waals surface area contributed by atoms with E-state index in [-0.39, 0.29) is 24.1 Å². The summed E-state index contributed by atoms with van der Waals surface area (Å²) in [4.78, 5) is 23.1. The molecule has 1 saturated heterocycles. The van der Waals surface area contributed by atoms with Crippen LogP contribution in [0.3, 0.4) is 0 Å². The Labute approximate surface area is 188 Å². The van der Waals surface area contributed by atoms with E-state index in [0.29, 0.717) is 37.6 Å². The standard InChI is InChI=1S/C23H33FN6O2/c1-16-14-26-28(4)21(16)20(17(2)24)27-23(25-3)29-12-10-19(11-13-29)22(31)30(32)15-18-8-6-5-7-9-18/h8,14,19,32H,3,5-7,9-13,15H2,1-2,4H3/b20-17+,27-23?. The summed E-state index contributed by atoms with van der Waals surface area (Å²) in [5, 5.41) is 15.3. The molecule has 2 heterocycles. The molecule has 3 rings (SSSR count). The minimum atomic E-state index is -0.434. The molecule has 0 unspecified atom stereocenters. The minimum absolute atomic E-state index is 0.172. The maximum atomic E-state index is 14.4. The van der Waals surface area contributed by atoms with Crippen molar-refractivity contribution in [3.63, 3.8) is 0 Å². The van der Waals surface area contributed by atoms with Crippen LogP contribution in [0, 0.1) is 12.8 Å². The van der Waals surface area contributed by atoms with E-state index in [4.69, 9.17) is 0 Å². The fourth-order valence-electron chi connectivity index (χ4n) is 4.34. The van der Waals surface area contributed by atoms with Crippen LogP contribution in [-0.4, -0.2) is 63.2 Å². The molecule has 1 N–H and O–H groups in total. The second-order valence-electron chi connectivity index (χ2n) is 8.52. The van der Waals surface area contributed by atoms with E-state index in [1.807, 2.05) is 11.8 Å². The van der Waals surface area contributed by atoms with Crippen LogP contribution in [-0.2, 0) is 11.8 Å². The van der Waals surface area contributed by atoms with Gasteiger partial charge in [-0.3, -0.25) is 14.7 Å². The zero-order valence-corrected chi connectivity index (χ0v) is 19.2. The van der Waals surface area contributed by atoms with Gasteiger partial charge < -0.3 is 4.90 Å². The van der Waals surface area contributed by atoms with Gasteiger partial charge in [0.15, 0.2) is 0 Å². The van der Waals surface area contributed by atoms with Gasteiger partial charge in [0.05, 0.1) is 18.4 Å². The normalized spacial score (nSPS) is 18.8. The van der Waals surface area contributed by atoms with Crippen LogP contribution in [0.25, 0.3) is 5.70 Å². The molecular weight excluding hydrogens is 411 g/mol. The number of piperidine rings is 1. The van der Waals surface area contributed by atoms with Crippen molar-refractivity contribution in [3.05, 3.63) is 34.9 Å². The molecular formula is C23H33FN6O2. The van der Waals surface area contributed by atoms with Crippen molar-refractivity contribution in [1.29, 1.82) is 0 Å². The summed E-state index contributed by atoms with van der Waals surface area (Å²) in [6, 6.07) is 0. The lowest BCUT2D eigenvalue weighted by molar-refractivity contribution is -0.169. The summed E-state index contributed by atoms with van der Waals surface area (Å²) in [5.74, 6) is -0.622. The number of aryl methyl sites for hydroxylation is 2. The number of amides is 1. The molecule has 0 atom stereocenters. The second kappa shape index (κ2) is 10.7. The number of aliphatic imine (C=N–C) groups is 2.